The van der Waals surface area contributed by atoms with E-state index in [1.165, 1.54) is 0 Å². The van der Waals surface area contributed by atoms with Crippen molar-refractivity contribution in [3.63, 3.8) is 0 Å². The molecule has 4 rings (SSSR count). The Kier molecular flexibility index (Phi) is 7.81. The van der Waals surface area contributed by atoms with Crippen molar-refractivity contribution in [3.05, 3.63) is 101 Å². The van der Waals surface area contributed by atoms with E-state index < -0.39 is 18.0 Å². The summed E-state index contributed by atoms with van der Waals surface area (Å²) in [4.78, 5) is 25.0. The summed E-state index contributed by atoms with van der Waals surface area (Å²) in [5.74, 6) is -0.0427. The van der Waals surface area contributed by atoms with Crippen LogP contribution in [0.1, 0.15) is 18.0 Å². The molecule has 176 valence electrons. The summed E-state index contributed by atoms with van der Waals surface area (Å²) in [6.07, 6.45) is -0.0352. The molecule has 1 atom stereocenters. The molecule has 0 spiro atoms. The number of urea groups is 1. The molecule has 0 aliphatic rings. The van der Waals surface area contributed by atoms with Crippen LogP contribution in [0.25, 0.3) is 11.3 Å². The minimum Gasteiger partial charge on any atom is -0.424 e. The molecule has 0 bridgehead atoms. The highest BCUT2D eigenvalue weighted by atomic mass is 79.9. The molecule has 0 aliphatic carbocycles. The highest BCUT2D eigenvalue weighted by molar-refractivity contribution is 9.10. The van der Waals surface area contributed by atoms with E-state index in [0.717, 1.165) is 15.6 Å². The molecule has 0 saturated heterocycles. The van der Waals surface area contributed by atoms with E-state index in [4.69, 9.17) is 10.5 Å². The number of aromatic nitrogens is 2. The highest BCUT2D eigenvalue weighted by Gasteiger charge is 2.17. The minimum atomic E-state index is -0.555. The predicted molar refractivity (Wildman–Crippen MR) is 138 cm³/mol. The van der Waals surface area contributed by atoms with Gasteiger partial charge in [-0.15, -0.1) is 10.2 Å². The zero-order chi connectivity index (χ0) is 24.6. The first-order chi connectivity index (χ1) is 17.0. The third kappa shape index (κ3) is 6.50. The van der Waals surface area contributed by atoms with Gasteiger partial charge in [0.05, 0.1) is 17.8 Å². The van der Waals surface area contributed by atoms with Crippen LogP contribution in [0.15, 0.2) is 95.5 Å². The van der Waals surface area contributed by atoms with Crippen molar-refractivity contribution < 1.29 is 14.3 Å². The molecule has 1 aromatic heterocycles. The van der Waals surface area contributed by atoms with Gasteiger partial charge in [-0.1, -0.05) is 76.6 Å². The second-order valence-corrected chi connectivity index (χ2v) is 8.41. The van der Waals surface area contributed by atoms with Crippen LogP contribution >= 0.6 is 15.9 Å². The number of anilines is 2. The van der Waals surface area contributed by atoms with Crippen LogP contribution in [0.5, 0.6) is 5.75 Å². The summed E-state index contributed by atoms with van der Waals surface area (Å²) in [5, 5.41) is 13.5. The molecule has 1 heterocycles. The number of carbonyl (C=O) groups excluding carboxylic acids is 2. The number of carbonyl (C=O) groups is 2. The van der Waals surface area contributed by atoms with E-state index >= 15 is 0 Å². The average molecular weight is 532 g/mol. The van der Waals surface area contributed by atoms with E-state index in [9.17, 15) is 9.59 Å². The molecule has 0 fully saturated rings. The number of nitrogens with zero attached hydrogens (tertiary/aromatic N) is 2. The molecule has 0 radical (unpaired) electrons. The van der Waals surface area contributed by atoms with Gasteiger partial charge in [0.15, 0.2) is 11.6 Å². The van der Waals surface area contributed by atoms with E-state index in [0.29, 0.717) is 11.4 Å². The fraction of sp³-hybridized carbons (Fsp3) is 0.0769. The van der Waals surface area contributed by atoms with Crippen LogP contribution in [0.2, 0.25) is 0 Å². The average Bonchev–Trinajstić information content (AvgIpc) is 2.86. The number of esters is 1. The quantitative estimate of drug-likeness (QED) is 0.212. The van der Waals surface area contributed by atoms with Gasteiger partial charge >= 0.3 is 12.0 Å². The monoisotopic (exact) mass is 531 g/mol. The number of benzene rings is 3. The summed E-state index contributed by atoms with van der Waals surface area (Å²) >= 11 is 3.44. The molecule has 4 aromatic rings. The summed E-state index contributed by atoms with van der Waals surface area (Å²) in [7, 11) is 0. The largest absolute Gasteiger partial charge is 0.424 e. The van der Waals surface area contributed by atoms with E-state index in [-0.39, 0.29) is 18.0 Å². The van der Waals surface area contributed by atoms with Gasteiger partial charge in [0.2, 0.25) is 0 Å². The number of nitrogens with one attached hydrogen (secondary N) is 2. The van der Waals surface area contributed by atoms with Crippen molar-refractivity contribution in [2.24, 2.45) is 5.73 Å². The SMILES string of the molecule is NC(CC(=O)Oc1ccccc1NC(=O)Nc1ccc(-c2ccccc2)nn1)c1ccccc1Br. The van der Waals surface area contributed by atoms with Crippen LogP contribution in [0.4, 0.5) is 16.3 Å². The number of halogens is 1. The van der Waals surface area contributed by atoms with Crippen LogP contribution in [-0.2, 0) is 4.79 Å². The van der Waals surface area contributed by atoms with Crippen molar-refractivity contribution in [1.82, 2.24) is 10.2 Å². The summed E-state index contributed by atoms with van der Waals surface area (Å²) in [6.45, 7) is 0. The first-order valence-corrected chi connectivity index (χ1v) is 11.6. The van der Waals surface area contributed by atoms with Crippen molar-refractivity contribution in [3.8, 4) is 17.0 Å². The Morgan fingerprint density at radius 2 is 1.57 bits per heavy atom. The number of ether oxygens (including phenoxy) is 1. The standard InChI is InChI=1S/C26H22BrN5O3/c27-19-11-5-4-10-18(19)20(28)16-25(33)35-23-13-7-6-12-22(23)29-26(34)30-24-15-14-21(31-32-24)17-8-2-1-3-9-17/h1-15,20H,16,28H2,(H2,29,30,32,34). The minimum absolute atomic E-state index is 0.0352. The molecule has 4 N–H and O–H groups in total. The molecule has 2 amide bonds. The summed E-state index contributed by atoms with van der Waals surface area (Å²) in [5.41, 5.74) is 8.91. The van der Waals surface area contributed by atoms with Crippen LogP contribution in [0.3, 0.4) is 0 Å². The van der Waals surface area contributed by atoms with Crippen molar-refractivity contribution >= 4 is 39.4 Å². The Bertz CT molecular complexity index is 1320. The fourth-order valence-electron chi connectivity index (χ4n) is 3.32. The third-order valence-electron chi connectivity index (χ3n) is 5.03. The number of hydrogen-bond donors (Lipinski definition) is 3. The first-order valence-electron chi connectivity index (χ1n) is 10.8. The maximum Gasteiger partial charge on any atom is 0.325 e. The van der Waals surface area contributed by atoms with Crippen molar-refractivity contribution in [1.29, 1.82) is 0 Å². The van der Waals surface area contributed by atoms with E-state index in [1.54, 1.807) is 36.4 Å². The van der Waals surface area contributed by atoms with Crippen LogP contribution in [-0.4, -0.2) is 22.2 Å². The molecule has 9 heteroatoms. The lowest BCUT2D eigenvalue weighted by molar-refractivity contribution is -0.134. The van der Waals surface area contributed by atoms with Gasteiger partial charge in [-0.05, 0) is 35.9 Å². The Balaban J connectivity index is 1.37. The molecule has 1 unspecified atom stereocenters. The maximum absolute atomic E-state index is 12.5. The fourth-order valence-corrected chi connectivity index (χ4v) is 3.90. The third-order valence-corrected chi connectivity index (χ3v) is 5.75. The van der Waals surface area contributed by atoms with Gasteiger partial charge in [-0.25, -0.2) is 4.79 Å². The molecular weight excluding hydrogens is 510 g/mol. The molecule has 0 saturated carbocycles. The Morgan fingerprint density at radius 1 is 0.857 bits per heavy atom. The normalized spacial score (nSPS) is 11.4. The lowest BCUT2D eigenvalue weighted by Gasteiger charge is -2.15. The summed E-state index contributed by atoms with van der Waals surface area (Å²) < 4.78 is 6.31. The van der Waals surface area contributed by atoms with Gasteiger partial charge in [0.25, 0.3) is 0 Å². The second kappa shape index (κ2) is 11.4. The second-order valence-electron chi connectivity index (χ2n) is 7.55. The zero-order valence-electron chi connectivity index (χ0n) is 18.5. The number of hydrogen-bond acceptors (Lipinski definition) is 6. The van der Waals surface area contributed by atoms with Crippen molar-refractivity contribution in [2.75, 3.05) is 10.6 Å². The van der Waals surface area contributed by atoms with Gasteiger partial charge in [-0.3, -0.25) is 10.1 Å². The number of amides is 2. The lowest BCUT2D eigenvalue weighted by atomic mass is 10.1. The van der Waals surface area contributed by atoms with Gasteiger partial charge in [0, 0.05) is 16.1 Å². The van der Waals surface area contributed by atoms with Crippen molar-refractivity contribution in [2.45, 2.75) is 12.5 Å². The summed E-state index contributed by atoms with van der Waals surface area (Å²) in [6, 6.07) is 26.0. The molecule has 0 aliphatic heterocycles. The zero-order valence-corrected chi connectivity index (χ0v) is 20.1. The van der Waals surface area contributed by atoms with E-state index in [1.807, 2.05) is 54.6 Å². The van der Waals surface area contributed by atoms with Gasteiger partial charge in [-0.2, -0.15) is 0 Å². The highest BCUT2D eigenvalue weighted by Crippen LogP contribution is 2.27. The number of rotatable bonds is 7. The topological polar surface area (TPSA) is 119 Å². The molecule has 35 heavy (non-hydrogen) atoms. The molecule has 3 aromatic carbocycles. The van der Waals surface area contributed by atoms with Crippen LogP contribution < -0.4 is 21.1 Å². The Hall–Kier alpha value is -4.08. The molecule has 8 nitrogen and oxygen atoms in total. The smallest absolute Gasteiger partial charge is 0.325 e. The first kappa shape index (κ1) is 24.1. The Morgan fingerprint density at radius 3 is 2.31 bits per heavy atom. The number of nitrogens with two attached hydrogens (primary N) is 1. The van der Waals surface area contributed by atoms with Gasteiger partial charge in [0.1, 0.15) is 0 Å². The molecular formula is C26H22BrN5O3. The maximum atomic E-state index is 12.5. The lowest BCUT2D eigenvalue weighted by Crippen LogP contribution is -2.22. The number of para-hydroxylation sites is 2. The van der Waals surface area contributed by atoms with Crippen LogP contribution in [0, 0.1) is 0 Å². The van der Waals surface area contributed by atoms with E-state index in [2.05, 4.69) is 36.8 Å². The Labute approximate surface area is 210 Å². The van der Waals surface area contributed by atoms with Gasteiger partial charge < -0.3 is 15.8 Å². The predicted octanol–water partition coefficient (Wildman–Crippen LogP) is 5.55.